The lowest BCUT2D eigenvalue weighted by atomic mass is 10.1. The van der Waals surface area contributed by atoms with Crippen LogP contribution in [0.1, 0.15) is 15.9 Å². The fourth-order valence-electron chi connectivity index (χ4n) is 2.48. The van der Waals surface area contributed by atoms with Gasteiger partial charge in [-0.05, 0) is 36.8 Å². The second-order valence-electron chi connectivity index (χ2n) is 5.56. The molecule has 2 aromatic carbocycles. The molecule has 23 heavy (non-hydrogen) atoms. The fourth-order valence-corrected chi connectivity index (χ4v) is 2.48. The minimum atomic E-state index is -0.363. The maximum atomic E-state index is 13.6. The number of carbonyl (C=O) groups is 1. The van der Waals surface area contributed by atoms with Crippen LogP contribution in [0.2, 0.25) is 0 Å². The van der Waals surface area contributed by atoms with E-state index in [1.54, 1.807) is 31.1 Å². The molecule has 1 saturated heterocycles. The highest BCUT2D eigenvalue weighted by atomic mass is 19.1. The normalized spacial score (nSPS) is 14.3. The maximum absolute atomic E-state index is 13.6. The van der Waals surface area contributed by atoms with Gasteiger partial charge in [-0.25, -0.2) is 4.39 Å². The Morgan fingerprint density at radius 1 is 1.17 bits per heavy atom. The second kappa shape index (κ2) is 6.28. The van der Waals surface area contributed by atoms with Gasteiger partial charge in [0.1, 0.15) is 11.9 Å². The number of amides is 1. The summed E-state index contributed by atoms with van der Waals surface area (Å²) in [6.45, 7) is 2.63. The first kappa shape index (κ1) is 15.3. The molecule has 0 atom stereocenters. The number of hydrogen-bond donors (Lipinski definition) is 0. The van der Waals surface area contributed by atoms with Crippen molar-refractivity contribution < 1.29 is 18.7 Å². The van der Waals surface area contributed by atoms with Crippen molar-refractivity contribution in [1.82, 2.24) is 4.90 Å². The van der Waals surface area contributed by atoms with Gasteiger partial charge in [0.05, 0.1) is 20.2 Å². The molecule has 3 rings (SSSR count). The number of nitrogens with zero attached hydrogens (tertiary/aromatic N) is 1. The van der Waals surface area contributed by atoms with E-state index in [2.05, 4.69) is 0 Å². The van der Waals surface area contributed by atoms with Crippen molar-refractivity contribution in [1.29, 1.82) is 0 Å². The van der Waals surface area contributed by atoms with Gasteiger partial charge in [-0.15, -0.1) is 0 Å². The molecular weight excluding hydrogens is 297 g/mol. The first-order valence-electron chi connectivity index (χ1n) is 7.43. The molecule has 1 fully saturated rings. The number of methoxy groups -OCH3 is 1. The maximum Gasteiger partial charge on any atom is 0.254 e. The Morgan fingerprint density at radius 3 is 2.52 bits per heavy atom. The number of benzene rings is 2. The van der Waals surface area contributed by atoms with Gasteiger partial charge in [-0.1, -0.05) is 18.2 Å². The summed E-state index contributed by atoms with van der Waals surface area (Å²) in [4.78, 5) is 13.9. The van der Waals surface area contributed by atoms with Crippen LogP contribution in [0.15, 0.2) is 42.5 Å². The summed E-state index contributed by atoms with van der Waals surface area (Å²) in [5, 5.41) is 0. The van der Waals surface area contributed by atoms with E-state index in [1.165, 1.54) is 6.07 Å². The lowest BCUT2D eigenvalue weighted by Gasteiger charge is -2.39. The van der Waals surface area contributed by atoms with E-state index in [1.807, 2.05) is 24.3 Å². The predicted molar refractivity (Wildman–Crippen MR) is 84.5 cm³/mol. The monoisotopic (exact) mass is 315 g/mol. The van der Waals surface area contributed by atoms with Gasteiger partial charge in [-0.3, -0.25) is 4.79 Å². The van der Waals surface area contributed by atoms with E-state index >= 15 is 0 Å². The molecule has 0 N–H and O–H groups in total. The standard InChI is InChI=1S/C18H18FNO3/c1-12-7-8-13(9-15(12)19)18(21)20-10-14(11-20)23-17-6-4-3-5-16(17)22-2/h3-9,14H,10-11H2,1-2H3. The van der Waals surface area contributed by atoms with E-state index in [0.29, 0.717) is 35.7 Å². The largest absolute Gasteiger partial charge is 0.493 e. The van der Waals surface area contributed by atoms with Crippen LogP contribution in [0.5, 0.6) is 11.5 Å². The van der Waals surface area contributed by atoms with Crippen molar-refractivity contribution in [2.75, 3.05) is 20.2 Å². The summed E-state index contributed by atoms with van der Waals surface area (Å²) < 4.78 is 24.6. The molecule has 1 aliphatic rings. The number of hydrogen-bond acceptors (Lipinski definition) is 3. The molecular formula is C18H18FNO3. The van der Waals surface area contributed by atoms with E-state index in [9.17, 15) is 9.18 Å². The molecule has 2 aromatic rings. The van der Waals surface area contributed by atoms with E-state index < -0.39 is 0 Å². The Bertz CT molecular complexity index is 726. The third kappa shape index (κ3) is 3.13. The van der Waals surface area contributed by atoms with E-state index in [0.717, 1.165) is 0 Å². The van der Waals surface area contributed by atoms with Crippen LogP contribution in [0.25, 0.3) is 0 Å². The summed E-state index contributed by atoms with van der Waals surface area (Å²) in [7, 11) is 1.59. The van der Waals surface area contributed by atoms with E-state index in [-0.39, 0.29) is 17.8 Å². The molecule has 120 valence electrons. The zero-order valence-corrected chi connectivity index (χ0v) is 13.1. The highest BCUT2D eigenvalue weighted by molar-refractivity contribution is 5.94. The number of likely N-dealkylation sites (tertiary alicyclic amines) is 1. The first-order chi connectivity index (χ1) is 11.1. The molecule has 5 heteroatoms. The second-order valence-corrected chi connectivity index (χ2v) is 5.56. The van der Waals surface area contributed by atoms with Crippen LogP contribution in [-0.2, 0) is 0 Å². The predicted octanol–water partition coefficient (Wildman–Crippen LogP) is 3.05. The molecule has 0 unspecified atom stereocenters. The lowest BCUT2D eigenvalue weighted by Crippen LogP contribution is -2.56. The third-order valence-corrected chi connectivity index (χ3v) is 3.92. The Hall–Kier alpha value is -2.56. The first-order valence-corrected chi connectivity index (χ1v) is 7.43. The molecule has 0 aliphatic carbocycles. The van der Waals surface area contributed by atoms with Crippen LogP contribution in [0.4, 0.5) is 4.39 Å². The summed E-state index contributed by atoms with van der Waals surface area (Å²) in [6.07, 6.45) is -0.0782. The number of halogens is 1. The zero-order valence-electron chi connectivity index (χ0n) is 13.1. The van der Waals surface area contributed by atoms with Crippen LogP contribution in [-0.4, -0.2) is 37.1 Å². The molecule has 4 nitrogen and oxygen atoms in total. The van der Waals surface area contributed by atoms with Crippen molar-refractivity contribution in [3.05, 3.63) is 59.4 Å². The number of rotatable bonds is 4. The van der Waals surface area contributed by atoms with Crippen molar-refractivity contribution in [2.24, 2.45) is 0 Å². The molecule has 0 aromatic heterocycles. The average molecular weight is 315 g/mol. The average Bonchev–Trinajstić information content (AvgIpc) is 2.53. The Labute approximate surface area is 134 Å². The Balaban J connectivity index is 1.60. The zero-order chi connectivity index (χ0) is 16.4. The van der Waals surface area contributed by atoms with Crippen molar-refractivity contribution >= 4 is 5.91 Å². The molecule has 0 saturated carbocycles. The van der Waals surface area contributed by atoms with Crippen LogP contribution >= 0.6 is 0 Å². The molecule has 1 amide bonds. The van der Waals surface area contributed by atoms with E-state index in [4.69, 9.17) is 9.47 Å². The number of para-hydroxylation sites is 2. The van der Waals surface area contributed by atoms with Gasteiger partial charge < -0.3 is 14.4 Å². The van der Waals surface area contributed by atoms with Crippen LogP contribution < -0.4 is 9.47 Å². The van der Waals surface area contributed by atoms with Crippen LogP contribution in [0.3, 0.4) is 0 Å². The third-order valence-electron chi connectivity index (χ3n) is 3.92. The minimum Gasteiger partial charge on any atom is -0.493 e. The molecule has 0 spiro atoms. The van der Waals surface area contributed by atoms with Crippen LogP contribution in [0, 0.1) is 12.7 Å². The van der Waals surface area contributed by atoms with Gasteiger partial charge in [-0.2, -0.15) is 0 Å². The molecule has 1 aliphatic heterocycles. The highest BCUT2D eigenvalue weighted by Crippen LogP contribution is 2.29. The summed E-state index contributed by atoms with van der Waals surface area (Å²) in [5.41, 5.74) is 0.895. The van der Waals surface area contributed by atoms with Crippen molar-refractivity contribution in [3.63, 3.8) is 0 Å². The lowest BCUT2D eigenvalue weighted by molar-refractivity contribution is 0.0168. The smallest absolute Gasteiger partial charge is 0.254 e. The summed E-state index contributed by atoms with van der Waals surface area (Å²) in [6, 6.07) is 11.9. The molecule has 0 bridgehead atoms. The van der Waals surface area contributed by atoms with Gasteiger partial charge in [0.15, 0.2) is 11.5 Å². The summed E-state index contributed by atoms with van der Waals surface area (Å²) in [5.74, 6) is 0.785. The Morgan fingerprint density at radius 2 is 1.87 bits per heavy atom. The fraction of sp³-hybridized carbons (Fsp3) is 0.278. The Kier molecular flexibility index (Phi) is 4.19. The minimum absolute atomic E-state index is 0.0782. The topological polar surface area (TPSA) is 38.8 Å². The van der Waals surface area contributed by atoms with Gasteiger partial charge >= 0.3 is 0 Å². The number of aryl methyl sites for hydroxylation is 1. The van der Waals surface area contributed by atoms with Gasteiger partial charge in [0.25, 0.3) is 5.91 Å². The SMILES string of the molecule is COc1ccccc1OC1CN(C(=O)c2ccc(C)c(F)c2)C1. The van der Waals surface area contributed by atoms with Gasteiger partial charge in [0, 0.05) is 5.56 Å². The summed E-state index contributed by atoms with van der Waals surface area (Å²) >= 11 is 0. The molecule has 0 radical (unpaired) electrons. The molecule has 1 heterocycles. The van der Waals surface area contributed by atoms with Crippen molar-refractivity contribution in [2.45, 2.75) is 13.0 Å². The van der Waals surface area contributed by atoms with Gasteiger partial charge in [0.2, 0.25) is 0 Å². The number of ether oxygens (including phenoxy) is 2. The number of carbonyl (C=O) groups excluding carboxylic acids is 1. The quantitative estimate of drug-likeness (QED) is 0.870. The highest BCUT2D eigenvalue weighted by Gasteiger charge is 2.33. The van der Waals surface area contributed by atoms with Crippen molar-refractivity contribution in [3.8, 4) is 11.5 Å².